The number of hydrogen-bond donors (Lipinski definition) is 1. The van der Waals surface area contributed by atoms with Crippen molar-refractivity contribution < 1.29 is 4.74 Å². The molecule has 1 fully saturated rings. The molecule has 1 heterocycles. The van der Waals surface area contributed by atoms with Gasteiger partial charge in [0.15, 0.2) is 0 Å². The van der Waals surface area contributed by atoms with E-state index in [1.807, 2.05) is 0 Å². The fraction of sp³-hybridized carbons (Fsp3) is 0.571. The Labute approximate surface area is 97.8 Å². The summed E-state index contributed by atoms with van der Waals surface area (Å²) < 4.78 is 5.61. The fourth-order valence-electron chi connectivity index (χ4n) is 2.45. The van der Waals surface area contributed by atoms with Crippen molar-refractivity contribution in [1.29, 1.82) is 0 Å². The molecule has 0 aliphatic carbocycles. The SMILES string of the molecule is CCc1ccc(C2(CN)CCCOC2)cc1. The van der Waals surface area contributed by atoms with Crippen LogP contribution in [-0.2, 0) is 16.6 Å². The minimum Gasteiger partial charge on any atom is -0.380 e. The first-order valence-electron chi connectivity index (χ1n) is 6.18. The first-order valence-corrected chi connectivity index (χ1v) is 6.18. The molecule has 2 N–H and O–H groups in total. The van der Waals surface area contributed by atoms with E-state index in [0.717, 1.165) is 32.5 Å². The van der Waals surface area contributed by atoms with Crippen molar-refractivity contribution >= 4 is 0 Å². The maximum absolute atomic E-state index is 5.96. The van der Waals surface area contributed by atoms with Gasteiger partial charge in [-0.05, 0) is 30.4 Å². The minimum atomic E-state index is 0.0600. The second kappa shape index (κ2) is 4.98. The van der Waals surface area contributed by atoms with Gasteiger partial charge < -0.3 is 10.5 Å². The smallest absolute Gasteiger partial charge is 0.0575 e. The van der Waals surface area contributed by atoms with Gasteiger partial charge in [-0.1, -0.05) is 31.2 Å². The highest BCUT2D eigenvalue weighted by Crippen LogP contribution is 2.32. The summed E-state index contributed by atoms with van der Waals surface area (Å²) in [5.74, 6) is 0. The third-order valence-electron chi connectivity index (χ3n) is 3.69. The van der Waals surface area contributed by atoms with Gasteiger partial charge >= 0.3 is 0 Å². The molecule has 0 aromatic heterocycles. The molecule has 2 rings (SSSR count). The molecule has 1 unspecified atom stereocenters. The van der Waals surface area contributed by atoms with Crippen molar-refractivity contribution in [2.45, 2.75) is 31.6 Å². The summed E-state index contributed by atoms with van der Waals surface area (Å²) in [5.41, 5.74) is 8.74. The molecule has 2 heteroatoms. The molecule has 16 heavy (non-hydrogen) atoms. The zero-order valence-corrected chi connectivity index (χ0v) is 10.0. The van der Waals surface area contributed by atoms with Crippen molar-refractivity contribution in [3.8, 4) is 0 Å². The van der Waals surface area contributed by atoms with E-state index in [1.54, 1.807) is 0 Å². The van der Waals surface area contributed by atoms with Gasteiger partial charge in [-0.25, -0.2) is 0 Å². The zero-order valence-electron chi connectivity index (χ0n) is 10.0. The van der Waals surface area contributed by atoms with Crippen LogP contribution in [0.1, 0.15) is 30.9 Å². The van der Waals surface area contributed by atoms with Crippen LogP contribution in [-0.4, -0.2) is 19.8 Å². The van der Waals surface area contributed by atoms with Crippen LogP contribution in [0.3, 0.4) is 0 Å². The van der Waals surface area contributed by atoms with Gasteiger partial charge in [-0.15, -0.1) is 0 Å². The Kier molecular flexibility index (Phi) is 3.62. The minimum absolute atomic E-state index is 0.0600. The molecule has 1 saturated heterocycles. The molecule has 1 aliphatic heterocycles. The van der Waals surface area contributed by atoms with Gasteiger partial charge in [0, 0.05) is 18.6 Å². The monoisotopic (exact) mass is 219 g/mol. The van der Waals surface area contributed by atoms with Crippen molar-refractivity contribution in [2.75, 3.05) is 19.8 Å². The predicted octanol–water partition coefficient (Wildman–Crippen LogP) is 2.26. The summed E-state index contributed by atoms with van der Waals surface area (Å²) in [6.07, 6.45) is 3.36. The molecular formula is C14H21NO. The van der Waals surface area contributed by atoms with E-state index in [2.05, 4.69) is 31.2 Å². The normalized spacial score (nSPS) is 25.6. The molecule has 0 amide bonds. The average molecular weight is 219 g/mol. The Morgan fingerprint density at radius 1 is 1.31 bits per heavy atom. The summed E-state index contributed by atoms with van der Waals surface area (Å²) in [5, 5.41) is 0. The molecule has 2 nitrogen and oxygen atoms in total. The van der Waals surface area contributed by atoms with E-state index >= 15 is 0 Å². The highest BCUT2D eigenvalue weighted by Gasteiger charge is 2.33. The molecule has 1 aromatic carbocycles. The molecule has 0 saturated carbocycles. The number of rotatable bonds is 3. The Bertz CT molecular complexity index is 325. The molecule has 0 radical (unpaired) electrons. The number of ether oxygens (including phenoxy) is 1. The van der Waals surface area contributed by atoms with E-state index in [4.69, 9.17) is 10.5 Å². The van der Waals surface area contributed by atoms with Crippen LogP contribution < -0.4 is 5.73 Å². The van der Waals surface area contributed by atoms with Crippen LogP contribution in [0.2, 0.25) is 0 Å². The van der Waals surface area contributed by atoms with E-state index in [1.165, 1.54) is 11.1 Å². The summed E-state index contributed by atoms with van der Waals surface area (Å²) in [6, 6.07) is 8.86. The number of nitrogens with two attached hydrogens (primary N) is 1. The largest absolute Gasteiger partial charge is 0.380 e. The number of aryl methyl sites for hydroxylation is 1. The van der Waals surface area contributed by atoms with Crippen molar-refractivity contribution in [1.82, 2.24) is 0 Å². The lowest BCUT2D eigenvalue weighted by molar-refractivity contribution is 0.0377. The first-order chi connectivity index (χ1) is 7.80. The van der Waals surface area contributed by atoms with E-state index in [-0.39, 0.29) is 5.41 Å². The number of benzene rings is 1. The third-order valence-corrected chi connectivity index (χ3v) is 3.69. The molecular weight excluding hydrogens is 198 g/mol. The lowest BCUT2D eigenvalue weighted by Crippen LogP contribution is -2.42. The second-order valence-corrected chi connectivity index (χ2v) is 4.69. The van der Waals surface area contributed by atoms with Crippen LogP contribution in [0.15, 0.2) is 24.3 Å². The summed E-state index contributed by atoms with van der Waals surface area (Å²) >= 11 is 0. The van der Waals surface area contributed by atoms with E-state index in [0.29, 0.717) is 6.54 Å². The second-order valence-electron chi connectivity index (χ2n) is 4.69. The fourth-order valence-corrected chi connectivity index (χ4v) is 2.45. The summed E-state index contributed by atoms with van der Waals surface area (Å²) in [4.78, 5) is 0. The highest BCUT2D eigenvalue weighted by atomic mass is 16.5. The van der Waals surface area contributed by atoms with Crippen LogP contribution in [0.4, 0.5) is 0 Å². The van der Waals surface area contributed by atoms with Crippen molar-refractivity contribution in [3.05, 3.63) is 35.4 Å². The Morgan fingerprint density at radius 2 is 2.06 bits per heavy atom. The van der Waals surface area contributed by atoms with Gasteiger partial charge in [0.25, 0.3) is 0 Å². The van der Waals surface area contributed by atoms with Gasteiger partial charge in [-0.3, -0.25) is 0 Å². The standard InChI is InChI=1S/C14H21NO/c1-2-12-4-6-13(7-5-12)14(10-15)8-3-9-16-11-14/h4-7H,2-3,8-11,15H2,1H3. The summed E-state index contributed by atoms with van der Waals surface area (Å²) in [6.45, 7) is 4.51. The van der Waals surface area contributed by atoms with Gasteiger partial charge in [0.05, 0.1) is 6.61 Å². The van der Waals surface area contributed by atoms with Crippen LogP contribution in [0.5, 0.6) is 0 Å². The van der Waals surface area contributed by atoms with Gasteiger partial charge in [-0.2, -0.15) is 0 Å². The highest BCUT2D eigenvalue weighted by molar-refractivity contribution is 5.30. The summed E-state index contributed by atoms with van der Waals surface area (Å²) in [7, 11) is 0. The van der Waals surface area contributed by atoms with Crippen molar-refractivity contribution in [2.24, 2.45) is 5.73 Å². The van der Waals surface area contributed by atoms with Crippen LogP contribution in [0, 0.1) is 0 Å². The van der Waals surface area contributed by atoms with Gasteiger partial charge in [0.1, 0.15) is 0 Å². The molecule has 1 aliphatic rings. The maximum atomic E-state index is 5.96. The molecule has 0 spiro atoms. The molecule has 1 atom stereocenters. The van der Waals surface area contributed by atoms with Crippen molar-refractivity contribution in [3.63, 3.8) is 0 Å². The number of hydrogen-bond acceptors (Lipinski definition) is 2. The van der Waals surface area contributed by atoms with Gasteiger partial charge in [0.2, 0.25) is 0 Å². The molecule has 88 valence electrons. The lowest BCUT2D eigenvalue weighted by atomic mass is 9.76. The Hall–Kier alpha value is -0.860. The Balaban J connectivity index is 2.24. The van der Waals surface area contributed by atoms with E-state index < -0.39 is 0 Å². The average Bonchev–Trinajstić information content (AvgIpc) is 2.39. The quantitative estimate of drug-likeness (QED) is 0.846. The topological polar surface area (TPSA) is 35.2 Å². The first kappa shape index (κ1) is 11.6. The van der Waals surface area contributed by atoms with E-state index in [9.17, 15) is 0 Å². The Morgan fingerprint density at radius 3 is 2.56 bits per heavy atom. The lowest BCUT2D eigenvalue weighted by Gasteiger charge is -2.36. The zero-order chi connectivity index (χ0) is 11.4. The van der Waals surface area contributed by atoms with Crippen LogP contribution >= 0.6 is 0 Å². The molecule has 1 aromatic rings. The predicted molar refractivity (Wildman–Crippen MR) is 66.6 cm³/mol. The van der Waals surface area contributed by atoms with Crippen LogP contribution in [0.25, 0.3) is 0 Å². The third kappa shape index (κ3) is 2.13. The molecule has 0 bridgehead atoms. The maximum Gasteiger partial charge on any atom is 0.0575 e.